The minimum atomic E-state index is -0.449. The predicted molar refractivity (Wildman–Crippen MR) is 97.9 cm³/mol. The molecule has 3 rings (SSSR count). The Morgan fingerprint density at radius 2 is 1.88 bits per heavy atom. The van der Waals surface area contributed by atoms with Gasteiger partial charge in [0.1, 0.15) is 5.82 Å². The van der Waals surface area contributed by atoms with E-state index in [9.17, 15) is 9.18 Å². The molecule has 0 atom stereocenters. The van der Waals surface area contributed by atoms with Crippen molar-refractivity contribution in [3.8, 4) is 0 Å². The molecule has 1 N–H and O–H groups in total. The zero-order chi connectivity index (χ0) is 17.6. The monoisotopic (exact) mass is 360 g/mol. The first-order valence-corrected chi connectivity index (χ1v) is 8.99. The molecule has 0 radical (unpaired) electrons. The minimum Gasteiger partial charge on any atom is -0.352 e. The summed E-state index contributed by atoms with van der Waals surface area (Å²) in [5.41, 5.74) is 2.67. The van der Waals surface area contributed by atoms with Crippen LogP contribution in [-0.2, 0) is 24.3 Å². The predicted octanol–water partition coefficient (Wildman–Crippen LogP) is 3.93. The lowest BCUT2D eigenvalue weighted by Gasteiger charge is -2.15. The molecule has 0 aliphatic carbocycles. The maximum absolute atomic E-state index is 13.8. The third kappa shape index (κ3) is 5.28. The van der Waals surface area contributed by atoms with Gasteiger partial charge >= 0.3 is 0 Å². The highest BCUT2D eigenvalue weighted by atomic mass is 35.5. The number of carbonyl (C=O) groups is 1. The maximum atomic E-state index is 13.8. The van der Waals surface area contributed by atoms with Crippen molar-refractivity contribution >= 4 is 17.5 Å². The van der Waals surface area contributed by atoms with Crippen LogP contribution in [0.2, 0.25) is 5.02 Å². The lowest BCUT2D eigenvalue weighted by Crippen LogP contribution is -2.25. The van der Waals surface area contributed by atoms with Crippen molar-refractivity contribution in [2.75, 3.05) is 13.1 Å². The Morgan fingerprint density at radius 1 is 1.12 bits per heavy atom. The molecular weight excluding hydrogens is 339 g/mol. The number of halogens is 2. The van der Waals surface area contributed by atoms with Crippen LogP contribution < -0.4 is 5.32 Å². The molecule has 0 aromatic heterocycles. The van der Waals surface area contributed by atoms with Gasteiger partial charge in [-0.3, -0.25) is 9.69 Å². The molecule has 0 bridgehead atoms. The first-order chi connectivity index (χ1) is 12.1. The van der Waals surface area contributed by atoms with Gasteiger partial charge in [-0.2, -0.15) is 0 Å². The topological polar surface area (TPSA) is 32.3 Å². The molecule has 1 saturated heterocycles. The average Bonchev–Trinajstić information content (AvgIpc) is 3.09. The number of benzene rings is 2. The van der Waals surface area contributed by atoms with E-state index in [2.05, 4.69) is 22.3 Å². The molecule has 2 aromatic carbocycles. The van der Waals surface area contributed by atoms with Crippen LogP contribution in [-0.4, -0.2) is 23.9 Å². The Kier molecular flexibility index (Phi) is 6.05. The summed E-state index contributed by atoms with van der Waals surface area (Å²) in [6.45, 7) is 3.72. The van der Waals surface area contributed by atoms with Gasteiger partial charge in [0.2, 0.25) is 5.91 Å². The average molecular weight is 361 g/mol. The molecule has 1 amide bonds. The molecule has 0 unspecified atom stereocenters. The van der Waals surface area contributed by atoms with E-state index >= 15 is 0 Å². The zero-order valence-electron chi connectivity index (χ0n) is 14.1. The SMILES string of the molecule is O=C(Cc1ccc(Cl)cc1F)NCc1cccc(CN2CCCC2)c1. The number of hydrogen-bond acceptors (Lipinski definition) is 2. The summed E-state index contributed by atoms with van der Waals surface area (Å²) in [6.07, 6.45) is 2.56. The molecule has 2 aromatic rings. The Labute approximate surface area is 152 Å². The van der Waals surface area contributed by atoms with E-state index in [0.717, 1.165) is 25.2 Å². The normalized spacial score (nSPS) is 14.6. The van der Waals surface area contributed by atoms with Gasteiger partial charge in [0.15, 0.2) is 0 Å². The summed E-state index contributed by atoms with van der Waals surface area (Å²) in [5.74, 6) is -0.651. The summed E-state index contributed by atoms with van der Waals surface area (Å²) >= 11 is 5.73. The van der Waals surface area contributed by atoms with Gasteiger partial charge in [0, 0.05) is 18.1 Å². The van der Waals surface area contributed by atoms with E-state index in [4.69, 9.17) is 11.6 Å². The Morgan fingerprint density at radius 3 is 2.64 bits per heavy atom. The van der Waals surface area contributed by atoms with Crippen LogP contribution in [0.1, 0.15) is 29.5 Å². The van der Waals surface area contributed by atoms with E-state index < -0.39 is 5.82 Å². The molecule has 1 aliphatic rings. The van der Waals surface area contributed by atoms with Gasteiger partial charge in [-0.1, -0.05) is 41.9 Å². The molecular formula is C20H22ClFN2O. The molecule has 1 fully saturated rings. The number of likely N-dealkylation sites (tertiary alicyclic amines) is 1. The summed E-state index contributed by atoms with van der Waals surface area (Å²) < 4.78 is 13.8. The summed E-state index contributed by atoms with van der Waals surface area (Å²) in [4.78, 5) is 14.5. The van der Waals surface area contributed by atoms with Crippen LogP contribution >= 0.6 is 11.6 Å². The van der Waals surface area contributed by atoms with Gasteiger partial charge in [-0.05, 0) is 54.8 Å². The van der Waals surface area contributed by atoms with Crippen LogP contribution in [0.15, 0.2) is 42.5 Å². The fourth-order valence-corrected chi connectivity index (χ4v) is 3.30. The fraction of sp³-hybridized carbons (Fsp3) is 0.350. The third-order valence-corrected chi connectivity index (χ3v) is 4.69. The van der Waals surface area contributed by atoms with Gasteiger partial charge < -0.3 is 5.32 Å². The molecule has 0 spiro atoms. The van der Waals surface area contributed by atoms with Crippen molar-refractivity contribution in [3.05, 3.63) is 70.0 Å². The van der Waals surface area contributed by atoms with E-state index in [1.54, 1.807) is 12.1 Å². The van der Waals surface area contributed by atoms with E-state index in [1.807, 2.05) is 12.1 Å². The molecule has 25 heavy (non-hydrogen) atoms. The third-order valence-electron chi connectivity index (χ3n) is 4.45. The Hall–Kier alpha value is -1.91. The van der Waals surface area contributed by atoms with Crippen molar-refractivity contribution in [2.24, 2.45) is 0 Å². The van der Waals surface area contributed by atoms with Crippen molar-refractivity contribution < 1.29 is 9.18 Å². The molecule has 132 valence electrons. The lowest BCUT2D eigenvalue weighted by molar-refractivity contribution is -0.120. The second-order valence-corrected chi connectivity index (χ2v) is 6.93. The smallest absolute Gasteiger partial charge is 0.224 e. The number of nitrogens with one attached hydrogen (secondary N) is 1. The largest absolute Gasteiger partial charge is 0.352 e. The number of hydrogen-bond donors (Lipinski definition) is 1. The first kappa shape index (κ1) is 17.9. The maximum Gasteiger partial charge on any atom is 0.224 e. The second kappa shape index (κ2) is 8.45. The summed E-state index contributed by atoms with van der Waals surface area (Å²) in [6, 6.07) is 12.6. The van der Waals surface area contributed by atoms with Crippen molar-refractivity contribution in [1.82, 2.24) is 10.2 Å². The van der Waals surface area contributed by atoms with Gasteiger partial charge in [-0.15, -0.1) is 0 Å². The van der Waals surface area contributed by atoms with Crippen molar-refractivity contribution in [3.63, 3.8) is 0 Å². The standard InChI is InChI=1S/C20H22ClFN2O/c21-18-7-6-17(19(22)12-18)11-20(25)23-13-15-4-3-5-16(10-15)14-24-8-1-2-9-24/h3-7,10,12H,1-2,8-9,11,13-14H2,(H,23,25). The minimum absolute atomic E-state index is 0.0104. The number of rotatable bonds is 6. The summed E-state index contributed by atoms with van der Waals surface area (Å²) in [5, 5.41) is 3.19. The van der Waals surface area contributed by atoms with E-state index in [1.165, 1.54) is 24.5 Å². The Bertz CT molecular complexity index is 744. The lowest BCUT2D eigenvalue weighted by atomic mass is 10.1. The Balaban J connectivity index is 1.53. The summed E-state index contributed by atoms with van der Waals surface area (Å²) in [7, 11) is 0. The molecule has 3 nitrogen and oxygen atoms in total. The quantitative estimate of drug-likeness (QED) is 0.846. The van der Waals surface area contributed by atoms with E-state index in [-0.39, 0.29) is 12.3 Å². The highest BCUT2D eigenvalue weighted by Crippen LogP contribution is 2.16. The fourth-order valence-electron chi connectivity index (χ4n) is 3.14. The molecule has 5 heteroatoms. The van der Waals surface area contributed by atoms with Crippen LogP contribution in [0.4, 0.5) is 4.39 Å². The van der Waals surface area contributed by atoms with Crippen molar-refractivity contribution in [1.29, 1.82) is 0 Å². The van der Waals surface area contributed by atoms with Gasteiger partial charge in [0.25, 0.3) is 0 Å². The first-order valence-electron chi connectivity index (χ1n) is 8.61. The molecule has 0 saturated carbocycles. The van der Waals surface area contributed by atoms with Crippen LogP contribution in [0, 0.1) is 5.82 Å². The number of carbonyl (C=O) groups excluding carboxylic acids is 1. The second-order valence-electron chi connectivity index (χ2n) is 6.49. The van der Waals surface area contributed by atoms with Crippen LogP contribution in [0.3, 0.4) is 0 Å². The zero-order valence-corrected chi connectivity index (χ0v) is 14.9. The highest BCUT2D eigenvalue weighted by Gasteiger charge is 2.12. The van der Waals surface area contributed by atoms with Crippen LogP contribution in [0.5, 0.6) is 0 Å². The number of amides is 1. The van der Waals surface area contributed by atoms with Crippen LogP contribution in [0.25, 0.3) is 0 Å². The number of nitrogens with zero attached hydrogens (tertiary/aromatic N) is 1. The van der Waals surface area contributed by atoms with E-state index in [0.29, 0.717) is 17.1 Å². The van der Waals surface area contributed by atoms with Gasteiger partial charge in [0.05, 0.1) is 6.42 Å². The highest BCUT2D eigenvalue weighted by molar-refractivity contribution is 6.30. The van der Waals surface area contributed by atoms with Gasteiger partial charge in [-0.25, -0.2) is 4.39 Å². The molecule has 1 aliphatic heterocycles. The molecule has 1 heterocycles. The van der Waals surface area contributed by atoms with Crippen molar-refractivity contribution in [2.45, 2.75) is 32.4 Å².